The van der Waals surface area contributed by atoms with Crippen LogP contribution in [0.5, 0.6) is 5.75 Å². The summed E-state index contributed by atoms with van der Waals surface area (Å²) in [5.41, 5.74) is 1.35. The molecule has 0 spiro atoms. The number of amides is 1. The van der Waals surface area contributed by atoms with Gasteiger partial charge in [0.2, 0.25) is 0 Å². The number of aliphatic hydroxyl groups excluding tert-OH is 1. The van der Waals surface area contributed by atoms with E-state index in [0.29, 0.717) is 16.9 Å². The minimum absolute atomic E-state index is 0.210. The average molecular weight is 450 g/mol. The van der Waals surface area contributed by atoms with Gasteiger partial charge in [-0.1, -0.05) is 12.1 Å². The lowest BCUT2D eigenvalue weighted by molar-refractivity contribution is -0.132. The number of benzene rings is 2. The van der Waals surface area contributed by atoms with Crippen molar-refractivity contribution in [1.29, 1.82) is 0 Å². The van der Waals surface area contributed by atoms with Crippen molar-refractivity contribution in [2.24, 2.45) is 0 Å². The molecule has 1 N–H and O–H groups in total. The molecule has 2 heterocycles. The zero-order valence-corrected chi connectivity index (χ0v) is 18.1. The Labute approximate surface area is 188 Å². The van der Waals surface area contributed by atoms with E-state index in [9.17, 15) is 23.5 Å². The number of rotatable bonds is 4. The molecule has 0 saturated carbocycles. The first-order valence-corrected chi connectivity index (χ1v) is 10.1. The molecule has 0 radical (unpaired) electrons. The summed E-state index contributed by atoms with van der Waals surface area (Å²) in [6.45, 7) is 3.59. The van der Waals surface area contributed by atoms with Crippen LogP contribution in [0.3, 0.4) is 0 Å². The SMILES string of the molecule is COc1c(C)cc(C)cc1/C(O)=C1\C(=O)C(=O)N(c2cc(F)ccc2F)C1c1cccnc1. The third kappa shape index (κ3) is 3.73. The smallest absolute Gasteiger partial charge is 0.300 e. The van der Waals surface area contributed by atoms with Crippen molar-refractivity contribution in [3.63, 3.8) is 0 Å². The minimum Gasteiger partial charge on any atom is -0.507 e. The van der Waals surface area contributed by atoms with Crippen molar-refractivity contribution in [3.05, 3.63) is 94.3 Å². The normalized spacial score (nSPS) is 17.5. The number of halogens is 2. The van der Waals surface area contributed by atoms with E-state index in [2.05, 4.69) is 4.98 Å². The van der Waals surface area contributed by atoms with Crippen LogP contribution in [0.25, 0.3) is 5.76 Å². The molecule has 2 aromatic carbocycles. The number of methoxy groups -OCH3 is 1. The van der Waals surface area contributed by atoms with Crippen LogP contribution >= 0.6 is 0 Å². The van der Waals surface area contributed by atoms with E-state index in [4.69, 9.17) is 4.74 Å². The Morgan fingerprint density at radius 1 is 1.12 bits per heavy atom. The third-order valence-electron chi connectivity index (χ3n) is 5.49. The van der Waals surface area contributed by atoms with Gasteiger partial charge in [0, 0.05) is 18.5 Å². The van der Waals surface area contributed by atoms with Gasteiger partial charge in [-0.2, -0.15) is 0 Å². The number of pyridine rings is 1. The van der Waals surface area contributed by atoms with E-state index in [-0.39, 0.29) is 11.1 Å². The maximum atomic E-state index is 14.7. The fourth-order valence-electron chi connectivity index (χ4n) is 4.15. The van der Waals surface area contributed by atoms with Crippen molar-refractivity contribution in [2.75, 3.05) is 12.0 Å². The van der Waals surface area contributed by atoms with Crippen molar-refractivity contribution in [2.45, 2.75) is 19.9 Å². The number of aryl methyl sites for hydroxylation is 2. The van der Waals surface area contributed by atoms with Gasteiger partial charge in [0.05, 0.1) is 30.0 Å². The van der Waals surface area contributed by atoms with Gasteiger partial charge in [-0.15, -0.1) is 0 Å². The Morgan fingerprint density at radius 3 is 2.55 bits per heavy atom. The highest BCUT2D eigenvalue weighted by molar-refractivity contribution is 6.51. The van der Waals surface area contributed by atoms with E-state index in [1.165, 1.54) is 19.5 Å². The topological polar surface area (TPSA) is 79.7 Å². The van der Waals surface area contributed by atoms with Gasteiger partial charge in [-0.3, -0.25) is 19.5 Å². The quantitative estimate of drug-likeness (QED) is 0.357. The highest BCUT2D eigenvalue weighted by Gasteiger charge is 2.48. The molecule has 168 valence electrons. The Balaban J connectivity index is 2.03. The Hall–Kier alpha value is -4.07. The van der Waals surface area contributed by atoms with E-state index in [1.54, 1.807) is 25.1 Å². The summed E-state index contributed by atoms with van der Waals surface area (Å²) in [7, 11) is 1.42. The predicted molar refractivity (Wildman–Crippen MR) is 118 cm³/mol. The van der Waals surface area contributed by atoms with Crippen LogP contribution in [0, 0.1) is 25.5 Å². The van der Waals surface area contributed by atoms with Crippen LogP contribution < -0.4 is 9.64 Å². The number of ketones is 1. The van der Waals surface area contributed by atoms with Crippen LogP contribution in [-0.2, 0) is 9.59 Å². The van der Waals surface area contributed by atoms with E-state index in [1.807, 2.05) is 13.0 Å². The number of hydrogen-bond donors (Lipinski definition) is 1. The van der Waals surface area contributed by atoms with E-state index in [0.717, 1.165) is 28.7 Å². The number of carbonyl (C=O) groups excluding carboxylic acids is 2. The summed E-state index contributed by atoms with van der Waals surface area (Å²) in [5.74, 6) is -3.97. The highest BCUT2D eigenvalue weighted by atomic mass is 19.1. The molecule has 4 rings (SSSR count). The summed E-state index contributed by atoms with van der Waals surface area (Å²) in [5, 5.41) is 11.3. The maximum absolute atomic E-state index is 14.7. The molecule has 1 saturated heterocycles. The van der Waals surface area contributed by atoms with Crippen molar-refractivity contribution < 1.29 is 28.2 Å². The lowest BCUT2D eigenvalue weighted by Crippen LogP contribution is -2.30. The fraction of sp³-hybridized carbons (Fsp3) is 0.160. The maximum Gasteiger partial charge on any atom is 0.300 e. The van der Waals surface area contributed by atoms with Crippen LogP contribution in [0.4, 0.5) is 14.5 Å². The second kappa shape index (κ2) is 8.46. The van der Waals surface area contributed by atoms with Crippen LogP contribution in [0.2, 0.25) is 0 Å². The van der Waals surface area contributed by atoms with E-state index >= 15 is 0 Å². The summed E-state index contributed by atoms with van der Waals surface area (Å²) < 4.78 is 34.1. The Morgan fingerprint density at radius 2 is 1.88 bits per heavy atom. The molecule has 1 fully saturated rings. The molecule has 0 aliphatic carbocycles. The van der Waals surface area contributed by atoms with E-state index < -0.39 is 40.8 Å². The van der Waals surface area contributed by atoms with Gasteiger partial charge in [0.1, 0.15) is 23.1 Å². The standard InChI is InChI=1S/C25H20F2N2O4/c1-13-9-14(2)24(33-3)17(10-13)22(30)20-21(15-5-4-8-28-12-15)29(25(32)23(20)31)19-11-16(26)6-7-18(19)27/h4-12,21,30H,1-3H3/b22-20+. The van der Waals surface area contributed by atoms with Gasteiger partial charge in [-0.05, 0) is 54.8 Å². The third-order valence-corrected chi connectivity index (χ3v) is 5.49. The molecule has 1 aromatic heterocycles. The summed E-state index contributed by atoms with van der Waals surface area (Å²) in [6, 6.07) is 8.01. The molecule has 1 aliphatic heterocycles. The summed E-state index contributed by atoms with van der Waals surface area (Å²) >= 11 is 0. The molecule has 8 heteroatoms. The van der Waals surface area contributed by atoms with Crippen LogP contribution in [0.15, 0.2) is 60.4 Å². The molecule has 3 aromatic rings. The second-order valence-corrected chi connectivity index (χ2v) is 7.71. The zero-order chi connectivity index (χ0) is 23.9. The van der Waals surface area contributed by atoms with Gasteiger partial charge >= 0.3 is 0 Å². The molecule has 6 nitrogen and oxygen atoms in total. The molecule has 33 heavy (non-hydrogen) atoms. The summed E-state index contributed by atoms with van der Waals surface area (Å²) in [6.07, 6.45) is 2.89. The Kier molecular flexibility index (Phi) is 5.68. The number of anilines is 1. The number of Topliss-reactive ketones (excluding diaryl/α,β-unsaturated/α-hetero) is 1. The zero-order valence-electron chi connectivity index (χ0n) is 18.1. The summed E-state index contributed by atoms with van der Waals surface area (Å²) in [4.78, 5) is 31.1. The molecule has 1 aliphatic rings. The second-order valence-electron chi connectivity index (χ2n) is 7.71. The Bertz CT molecular complexity index is 1310. The van der Waals surface area contributed by atoms with Gasteiger partial charge < -0.3 is 9.84 Å². The average Bonchev–Trinajstić information content (AvgIpc) is 3.05. The number of nitrogens with zero attached hydrogens (tertiary/aromatic N) is 2. The lowest BCUT2D eigenvalue weighted by atomic mass is 9.94. The number of aromatic nitrogens is 1. The molecular weight excluding hydrogens is 430 g/mol. The fourth-order valence-corrected chi connectivity index (χ4v) is 4.15. The van der Waals surface area contributed by atoms with Crippen LogP contribution in [-0.4, -0.2) is 28.9 Å². The van der Waals surface area contributed by atoms with Crippen LogP contribution in [0.1, 0.15) is 28.3 Å². The molecular formula is C25H20F2N2O4. The molecule has 0 bridgehead atoms. The molecule has 1 atom stereocenters. The van der Waals surface area contributed by atoms with Gasteiger partial charge in [0.25, 0.3) is 11.7 Å². The first-order chi connectivity index (χ1) is 15.7. The number of hydrogen-bond acceptors (Lipinski definition) is 5. The van der Waals surface area contributed by atoms with Crippen molar-refractivity contribution in [3.8, 4) is 5.75 Å². The highest BCUT2D eigenvalue weighted by Crippen LogP contribution is 2.44. The molecule has 1 amide bonds. The number of carbonyl (C=O) groups is 2. The number of ether oxygens (including phenoxy) is 1. The van der Waals surface area contributed by atoms with Crippen molar-refractivity contribution >= 4 is 23.1 Å². The first kappa shape index (κ1) is 22.1. The lowest BCUT2D eigenvalue weighted by Gasteiger charge is -2.25. The van der Waals surface area contributed by atoms with Gasteiger partial charge in [0.15, 0.2) is 0 Å². The largest absolute Gasteiger partial charge is 0.507 e. The number of aliphatic hydroxyl groups is 1. The predicted octanol–water partition coefficient (Wildman–Crippen LogP) is 4.61. The van der Waals surface area contributed by atoms with Gasteiger partial charge in [-0.25, -0.2) is 8.78 Å². The first-order valence-electron chi connectivity index (χ1n) is 10.1. The minimum atomic E-state index is -1.24. The van der Waals surface area contributed by atoms with Crippen molar-refractivity contribution in [1.82, 2.24) is 4.98 Å². The molecule has 1 unspecified atom stereocenters. The monoisotopic (exact) mass is 450 g/mol.